The smallest absolute Gasteiger partial charge is 0.0512 e. The molecule has 2 heteroatoms. The zero-order valence-corrected chi connectivity index (χ0v) is 11.2. The molecule has 0 aromatic heterocycles. The summed E-state index contributed by atoms with van der Waals surface area (Å²) in [6.45, 7) is 8.15. The summed E-state index contributed by atoms with van der Waals surface area (Å²) in [4.78, 5) is 0. The Morgan fingerprint density at radius 2 is 1.76 bits per heavy atom. The lowest BCUT2D eigenvalue weighted by Crippen LogP contribution is -2.16. The van der Waals surface area contributed by atoms with Crippen molar-refractivity contribution in [3.05, 3.63) is 35.4 Å². The summed E-state index contributed by atoms with van der Waals surface area (Å²) in [6, 6.07) is 8.79. The second-order valence-electron chi connectivity index (χ2n) is 5.06. The van der Waals surface area contributed by atoms with Crippen molar-refractivity contribution < 1.29 is 5.11 Å². The molecule has 2 N–H and O–H groups in total. The second-order valence-corrected chi connectivity index (χ2v) is 5.06. The minimum atomic E-state index is -0.179. The fraction of sp³-hybridized carbons (Fsp3) is 0.600. The van der Waals surface area contributed by atoms with Crippen molar-refractivity contribution >= 4 is 0 Å². The summed E-state index contributed by atoms with van der Waals surface area (Å²) in [6.07, 6.45) is 1.73. The number of rotatable bonds is 7. The van der Waals surface area contributed by atoms with Crippen LogP contribution in [0, 0.1) is 0 Å². The fourth-order valence-corrected chi connectivity index (χ4v) is 1.78. The highest BCUT2D eigenvalue weighted by Crippen LogP contribution is 2.14. The monoisotopic (exact) mass is 235 g/mol. The second kappa shape index (κ2) is 7.46. The Bertz CT molecular complexity index is 303. The maximum atomic E-state index is 9.12. The van der Waals surface area contributed by atoms with Gasteiger partial charge in [-0.2, -0.15) is 0 Å². The molecule has 0 heterocycles. The molecule has 1 unspecified atom stereocenters. The number of nitrogens with one attached hydrogen (secondary N) is 1. The van der Waals surface area contributed by atoms with Crippen LogP contribution in [0.25, 0.3) is 0 Å². The first-order chi connectivity index (χ1) is 8.09. The molecule has 96 valence electrons. The van der Waals surface area contributed by atoms with E-state index in [1.807, 2.05) is 6.92 Å². The van der Waals surface area contributed by atoms with Crippen LogP contribution in [0.1, 0.15) is 50.7 Å². The van der Waals surface area contributed by atoms with Gasteiger partial charge in [-0.3, -0.25) is 0 Å². The Morgan fingerprint density at radius 1 is 1.12 bits per heavy atom. The highest BCUT2D eigenvalue weighted by atomic mass is 16.3. The summed E-state index contributed by atoms with van der Waals surface area (Å²) < 4.78 is 0. The van der Waals surface area contributed by atoms with Crippen LogP contribution in [0.5, 0.6) is 0 Å². The van der Waals surface area contributed by atoms with E-state index in [2.05, 4.69) is 43.4 Å². The molecule has 2 nitrogen and oxygen atoms in total. The summed E-state index contributed by atoms with van der Waals surface area (Å²) in [5.41, 5.74) is 2.72. The fourth-order valence-electron chi connectivity index (χ4n) is 1.78. The van der Waals surface area contributed by atoms with E-state index >= 15 is 0 Å². The first-order valence-electron chi connectivity index (χ1n) is 6.57. The molecule has 1 aromatic rings. The standard InChI is InChI=1S/C15H25NO/c1-12(2)15-8-6-14(7-9-15)11-16-10-4-5-13(3)17/h6-9,12-13,16-17H,4-5,10-11H2,1-3H3. The average molecular weight is 235 g/mol. The van der Waals surface area contributed by atoms with Gasteiger partial charge in [0.1, 0.15) is 0 Å². The largest absolute Gasteiger partial charge is 0.393 e. The summed E-state index contributed by atoms with van der Waals surface area (Å²) >= 11 is 0. The molecular formula is C15H25NO. The van der Waals surface area contributed by atoms with E-state index in [1.165, 1.54) is 11.1 Å². The Kier molecular flexibility index (Phi) is 6.23. The Balaban J connectivity index is 2.23. The van der Waals surface area contributed by atoms with Crippen molar-refractivity contribution in [2.45, 2.75) is 52.2 Å². The van der Waals surface area contributed by atoms with Crippen molar-refractivity contribution in [1.29, 1.82) is 0 Å². The van der Waals surface area contributed by atoms with Crippen LogP contribution in [0.4, 0.5) is 0 Å². The molecule has 0 saturated carbocycles. The van der Waals surface area contributed by atoms with Gasteiger partial charge in [-0.25, -0.2) is 0 Å². The molecule has 1 rings (SSSR count). The van der Waals surface area contributed by atoms with Gasteiger partial charge < -0.3 is 10.4 Å². The predicted molar refractivity (Wildman–Crippen MR) is 73.2 cm³/mol. The van der Waals surface area contributed by atoms with E-state index in [0.717, 1.165) is 25.9 Å². The molecule has 1 atom stereocenters. The summed E-state index contributed by atoms with van der Waals surface area (Å²) in [5, 5.41) is 12.5. The molecule has 0 amide bonds. The van der Waals surface area contributed by atoms with Gasteiger partial charge in [0.2, 0.25) is 0 Å². The topological polar surface area (TPSA) is 32.3 Å². The zero-order valence-electron chi connectivity index (χ0n) is 11.2. The van der Waals surface area contributed by atoms with Crippen molar-refractivity contribution in [2.24, 2.45) is 0 Å². The molecule has 0 aliphatic rings. The van der Waals surface area contributed by atoms with Crippen LogP contribution in [0.2, 0.25) is 0 Å². The van der Waals surface area contributed by atoms with Crippen LogP contribution < -0.4 is 5.32 Å². The summed E-state index contributed by atoms with van der Waals surface area (Å²) in [7, 11) is 0. The quantitative estimate of drug-likeness (QED) is 0.712. The molecule has 17 heavy (non-hydrogen) atoms. The van der Waals surface area contributed by atoms with Crippen LogP contribution in [-0.2, 0) is 6.54 Å². The van der Waals surface area contributed by atoms with Crippen molar-refractivity contribution in [2.75, 3.05) is 6.54 Å². The number of benzene rings is 1. The molecule has 0 radical (unpaired) electrons. The van der Waals surface area contributed by atoms with Crippen LogP contribution >= 0.6 is 0 Å². The van der Waals surface area contributed by atoms with Gasteiger partial charge in [-0.05, 0) is 43.4 Å². The Labute approximate surface area is 105 Å². The lowest BCUT2D eigenvalue weighted by atomic mass is 10.0. The number of hydrogen-bond acceptors (Lipinski definition) is 2. The van der Waals surface area contributed by atoms with Crippen molar-refractivity contribution in [3.63, 3.8) is 0 Å². The van der Waals surface area contributed by atoms with Gasteiger partial charge in [0.15, 0.2) is 0 Å². The first kappa shape index (κ1) is 14.2. The van der Waals surface area contributed by atoms with Crippen LogP contribution in [-0.4, -0.2) is 17.8 Å². The van der Waals surface area contributed by atoms with Crippen LogP contribution in [0.15, 0.2) is 24.3 Å². The van der Waals surface area contributed by atoms with Crippen molar-refractivity contribution in [3.8, 4) is 0 Å². The average Bonchev–Trinajstić information content (AvgIpc) is 2.29. The summed E-state index contributed by atoms with van der Waals surface area (Å²) in [5.74, 6) is 0.600. The van der Waals surface area contributed by atoms with Gasteiger partial charge in [-0.15, -0.1) is 0 Å². The minimum absolute atomic E-state index is 0.179. The van der Waals surface area contributed by atoms with Gasteiger partial charge in [-0.1, -0.05) is 38.1 Å². The number of hydrogen-bond donors (Lipinski definition) is 2. The minimum Gasteiger partial charge on any atom is -0.393 e. The molecule has 0 fully saturated rings. The molecule has 0 aliphatic carbocycles. The predicted octanol–water partition coefficient (Wildman–Crippen LogP) is 3.06. The molecular weight excluding hydrogens is 210 g/mol. The maximum Gasteiger partial charge on any atom is 0.0512 e. The van der Waals surface area contributed by atoms with Gasteiger partial charge in [0, 0.05) is 6.54 Å². The van der Waals surface area contributed by atoms with Gasteiger partial charge in [0.25, 0.3) is 0 Å². The van der Waals surface area contributed by atoms with E-state index < -0.39 is 0 Å². The third-order valence-corrected chi connectivity index (χ3v) is 2.95. The van der Waals surface area contributed by atoms with E-state index in [4.69, 9.17) is 5.11 Å². The highest BCUT2D eigenvalue weighted by Gasteiger charge is 1.99. The number of aliphatic hydroxyl groups excluding tert-OH is 1. The Hall–Kier alpha value is -0.860. The van der Waals surface area contributed by atoms with Gasteiger partial charge in [0.05, 0.1) is 6.10 Å². The molecule has 0 spiro atoms. The SMILES string of the molecule is CC(O)CCCNCc1ccc(C(C)C)cc1. The molecule has 0 bridgehead atoms. The molecule has 1 aromatic carbocycles. The lowest BCUT2D eigenvalue weighted by Gasteiger charge is -2.08. The van der Waals surface area contributed by atoms with E-state index in [9.17, 15) is 0 Å². The third-order valence-electron chi connectivity index (χ3n) is 2.95. The van der Waals surface area contributed by atoms with Crippen molar-refractivity contribution in [1.82, 2.24) is 5.32 Å². The highest BCUT2D eigenvalue weighted by molar-refractivity contribution is 5.24. The van der Waals surface area contributed by atoms with Gasteiger partial charge >= 0.3 is 0 Å². The van der Waals surface area contributed by atoms with Crippen LogP contribution in [0.3, 0.4) is 0 Å². The van der Waals surface area contributed by atoms with E-state index in [-0.39, 0.29) is 6.10 Å². The third kappa shape index (κ3) is 5.85. The lowest BCUT2D eigenvalue weighted by molar-refractivity contribution is 0.181. The van der Waals surface area contributed by atoms with E-state index in [0.29, 0.717) is 5.92 Å². The zero-order chi connectivity index (χ0) is 12.7. The number of aliphatic hydroxyl groups is 1. The normalized spacial score (nSPS) is 13.0. The molecule has 0 aliphatic heterocycles. The van der Waals surface area contributed by atoms with E-state index in [1.54, 1.807) is 0 Å². The maximum absolute atomic E-state index is 9.12. The Morgan fingerprint density at radius 3 is 2.29 bits per heavy atom. The first-order valence-corrected chi connectivity index (χ1v) is 6.57. The molecule has 0 saturated heterocycles.